The highest BCUT2D eigenvalue weighted by Gasteiger charge is 2.18. The van der Waals surface area contributed by atoms with E-state index in [1.165, 1.54) is 5.56 Å². The Bertz CT molecular complexity index is 435. The van der Waals surface area contributed by atoms with Crippen molar-refractivity contribution < 1.29 is 4.79 Å². The van der Waals surface area contributed by atoms with E-state index in [4.69, 9.17) is 5.73 Å². The van der Waals surface area contributed by atoms with E-state index in [-0.39, 0.29) is 5.91 Å². The average molecular weight is 214 g/mol. The van der Waals surface area contributed by atoms with Gasteiger partial charge < -0.3 is 5.73 Å². The summed E-state index contributed by atoms with van der Waals surface area (Å²) in [4.78, 5) is 13.0. The molecule has 1 aromatic carbocycles. The molecule has 0 spiro atoms. The monoisotopic (exact) mass is 214 g/mol. The Morgan fingerprint density at radius 1 is 1.31 bits per heavy atom. The quantitative estimate of drug-likeness (QED) is 0.763. The third-order valence-corrected chi connectivity index (χ3v) is 2.48. The van der Waals surface area contributed by atoms with E-state index in [1.807, 2.05) is 41.6 Å². The number of hydrogen-bond donors (Lipinski definition) is 1. The summed E-state index contributed by atoms with van der Waals surface area (Å²) in [5, 5.41) is 0. The van der Waals surface area contributed by atoms with Gasteiger partial charge in [-0.25, -0.2) is 0 Å². The molecule has 0 aromatic heterocycles. The topological polar surface area (TPSA) is 49.0 Å². The number of benzene rings is 1. The molecule has 16 heavy (non-hydrogen) atoms. The van der Waals surface area contributed by atoms with Gasteiger partial charge in [-0.2, -0.15) is 0 Å². The maximum atomic E-state index is 11.0. The fraction of sp³-hybridized carbons (Fsp3) is 0.154. The Morgan fingerprint density at radius 2 is 2.06 bits per heavy atom. The normalized spacial score (nSPS) is 15.9. The SMILES string of the molecule is NC(=O)C1=C[N+](Cc2ccccc2)C=CC1. The number of primary amides is 1. The highest BCUT2D eigenvalue weighted by molar-refractivity contribution is 5.92. The van der Waals surface area contributed by atoms with Crippen molar-refractivity contribution in [3.05, 3.63) is 59.9 Å². The Morgan fingerprint density at radius 3 is 2.75 bits per heavy atom. The fourth-order valence-electron chi connectivity index (χ4n) is 1.67. The predicted molar refractivity (Wildman–Crippen MR) is 63.3 cm³/mol. The smallest absolute Gasteiger partial charge is 0.250 e. The second kappa shape index (κ2) is 4.77. The van der Waals surface area contributed by atoms with Crippen LogP contribution in [-0.2, 0) is 11.3 Å². The molecule has 2 N–H and O–H groups in total. The first-order valence-electron chi connectivity index (χ1n) is 5.22. The molecule has 2 rings (SSSR count). The van der Waals surface area contributed by atoms with Gasteiger partial charge in [0.1, 0.15) is 6.20 Å². The van der Waals surface area contributed by atoms with Crippen molar-refractivity contribution in [1.29, 1.82) is 0 Å². The first kappa shape index (κ1) is 10.6. The summed E-state index contributed by atoms with van der Waals surface area (Å²) in [7, 11) is 0. The van der Waals surface area contributed by atoms with Crippen molar-refractivity contribution in [3.63, 3.8) is 0 Å². The minimum atomic E-state index is -0.345. The molecule has 0 fully saturated rings. The van der Waals surface area contributed by atoms with Crippen LogP contribution in [0.25, 0.3) is 0 Å². The standard InChI is InChI=1S/C13H14N2O/c14-13(16)12-7-4-8-15(10-12)9-11-5-2-1-3-6-11/h1-6,8,10H,7,9H2,(H2,14,16)/q+1. The summed E-state index contributed by atoms with van der Waals surface area (Å²) in [5.74, 6) is -0.345. The van der Waals surface area contributed by atoms with Crippen LogP contribution in [0.3, 0.4) is 0 Å². The molecule has 0 unspecified atom stereocenters. The first-order chi connectivity index (χ1) is 7.75. The number of nitrogens with two attached hydrogens (primary N) is 1. The second-order valence-corrected chi connectivity index (χ2v) is 3.77. The van der Waals surface area contributed by atoms with Crippen molar-refractivity contribution >= 4 is 5.91 Å². The lowest BCUT2D eigenvalue weighted by Crippen LogP contribution is -2.24. The van der Waals surface area contributed by atoms with Gasteiger partial charge in [-0.1, -0.05) is 30.3 Å². The molecule has 3 heteroatoms. The molecule has 1 aliphatic heterocycles. The van der Waals surface area contributed by atoms with Crippen molar-refractivity contribution in [2.45, 2.75) is 13.0 Å². The van der Waals surface area contributed by atoms with Gasteiger partial charge in [-0.15, -0.1) is 4.90 Å². The molecule has 1 heterocycles. The van der Waals surface area contributed by atoms with Crippen molar-refractivity contribution in [3.8, 4) is 0 Å². The van der Waals surface area contributed by atoms with Crippen LogP contribution in [0.4, 0.5) is 0 Å². The Kier molecular flexibility index (Phi) is 3.17. The number of rotatable bonds is 3. The lowest BCUT2D eigenvalue weighted by Gasteiger charge is -2.08. The Labute approximate surface area is 94.9 Å². The number of nitrogens with zero attached hydrogens (tertiary/aromatic N) is 1. The van der Waals surface area contributed by atoms with Crippen molar-refractivity contribution in [1.82, 2.24) is 4.90 Å². The van der Waals surface area contributed by atoms with Gasteiger partial charge in [0.15, 0.2) is 12.7 Å². The van der Waals surface area contributed by atoms with Crippen LogP contribution >= 0.6 is 0 Å². The van der Waals surface area contributed by atoms with Gasteiger partial charge in [0, 0.05) is 12.0 Å². The van der Waals surface area contributed by atoms with Crippen molar-refractivity contribution in [2.75, 3.05) is 0 Å². The highest BCUT2D eigenvalue weighted by atomic mass is 16.1. The van der Waals surface area contributed by atoms with E-state index in [2.05, 4.69) is 12.1 Å². The van der Waals surface area contributed by atoms with Crippen LogP contribution in [0.5, 0.6) is 0 Å². The summed E-state index contributed by atoms with van der Waals surface area (Å²) in [6, 6.07) is 10.1. The zero-order valence-corrected chi connectivity index (χ0v) is 8.97. The van der Waals surface area contributed by atoms with Crippen molar-refractivity contribution in [2.24, 2.45) is 5.73 Å². The van der Waals surface area contributed by atoms with E-state index >= 15 is 0 Å². The number of amides is 1. The van der Waals surface area contributed by atoms with Gasteiger partial charge in [0.05, 0.1) is 5.57 Å². The number of hydrogen-bond acceptors (Lipinski definition) is 2. The molecule has 0 aliphatic carbocycles. The number of carbonyl (C=O) groups excluding carboxylic acids is 1. The molecule has 0 saturated heterocycles. The largest absolute Gasteiger partial charge is 0.366 e. The third-order valence-electron chi connectivity index (χ3n) is 2.48. The van der Waals surface area contributed by atoms with Gasteiger partial charge in [0.25, 0.3) is 0 Å². The molecule has 1 aliphatic rings. The molecule has 81 valence electrons. The number of carbonyl (C=O) groups is 1. The fourth-order valence-corrected chi connectivity index (χ4v) is 1.67. The Balaban J connectivity index is 2.08. The molecular weight excluding hydrogens is 200 g/mol. The third kappa shape index (κ3) is 2.58. The lowest BCUT2D eigenvalue weighted by molar-refractivity contribution is -0.114. The van der Waals surface area contributed by atoms with E-state index in [1.54, 1.807) is 0 Å². The minimum Gasteiger partial charge on any atom is -0.366 e. The Hall–Kier alpha value is -1.87. The van der Waals surface area contributed by atoms with Crippen LogP contribution in [-0.4, -0.2) is 5.91 Å². The van der Waals surface area contributed by atoms with Gasteiger partial charge in [0.2, 0.25) is 5.91 Å². The lowest BCUT2D eigenvalue weighted by atomic mass is 10.1. The predicted octanol–water partition coefficient (Wildman–Crippen LogP) is 1.61. The molecule has 0 saturated carbocycles. The molecule has 0 atom stereocenters. The zero-order valence-electron chi connectivity index (χ0n) is 8.97. The van der Waals surface area contributed by atoms with Gasteiger partial charge >= 0.3 is 0 Å². The van der Waals surface area contributed by atoms with Crippen LogP contribution in [0.1, 0.15) is 12.0 Å². The van der Waals surface area contributed by atoms with Crippen LogP contribution in [0, 0.1) is 0 Å². The average Bonchev–Trinajstić information content (AvgIpc) is 2.30. The van der Waals surface area contributed by atoms with E-state index < -0.39 is 0 Å². The summed E-state index contributed by atoms with van der Waals surface area (Å²) in [5.41, 5.74) is 7.11. The maximum Gasteiger partial charge on any atom is 0.250 e. The van der Waals surface area contributed by atoms with Crippen LogP contribution < -0.4 is 10.6 Å². The van der Waals surface area contributed by atoms with E-state index in [0.717, 1.165) is 6.54 Å². The molecule has 0 bridgehead atoms. The maximum absolute atomic E-state index is 11.0. The van der Waals surface area contributed by atoms with E-state index in [9.17, 15) is 4.79 Å². The summed E-state index contributed by atoms with van der Waals surface area (Å²) in [6.45, 7) is 0.758. The molecule has 3 nitrogen and oxygen atoms in total. The first-order valence-corrected chi connectivity index (χ1v) is 5.22. The van der Waals surface area contributed by atoms with E-state index in [0.29, 0.717) is 12.0 Å². The highest BCUT2D eigenvalue weighted by Crippen LogP contribution is 2.12. The second-order valence-electron chi connectivity index (χ2n) is 3.77. The molecular formula is C13H14N2O+. The van der Waals surface area contributed by atoms with Crippen LogP contribution in [0.2, 0.25) is 0 Å². The molecule has 1 aromatic rings. The summed E-state index contributed by atoms with van der Waals surface area (Å²) < 4.78 is 0. The van der Waals surface area contributed by atoms with Gasteiger partial charge in [-0.05, 0) is 6.08 Å². The minimum absolute atomic E-state index is 0.345. The molecule has 1 amide bonds. The van der Waals surface area contributed by atoms with Crippen LogP contribution in [0.15, 0.2) is 54.4 Å². The summed E-state index contributed by atoms with van der Waals surface area (Å²) >= 11 is 0. The number of allylic oxidation sites excluding steroid dienone is 1. The summed E-state index contributed by atoms with van der Waals surface area (Å²) in [6.07, 6.45) is 6.36. The zero-order chi connectivity index (χ0) is 11.4. The van der Waals surface area contributed by atoms with Gasteiger partial charge in [-0.3, -0.25) is 4.79 Å². The molecule has 1 radical (unpaired) electrons.